The van der Waals surface area contributed by atoms with Crippen LogP contribution < -0.4 is 9.47 Å². The van der Waals surface area contributed by atoms with Crippen molar-refractivity contribution in [3.63, 3.8) is 0 Å². The number of ether oxygens (including phenoxy) is 2. The zero-order chi connectivity index (χ0) is 29.1. The molecule has 216 valence electrons. The van der Waals surface area contributed by atoms with Gasteiger partial charge in [0.05, 0.1) is 7.11 Å². The fourth-order valence-corrected chi connectivity index (χ4v) is 8.28. The monoisotopic (exact) mass is 565 g/mol. The van der Waals surface area contributed by atoms with Crippen LogP contribution in [0.4, 0.5) is 4.79 Å². The molecule has 5 rings (SSSR count). The van der Waals surface area contributed by atoms with Crippen molar-refractivity contribution in [1.29, 1.82) is 0 Å². The molecule has 0 radical (unpaired) electrons. The molecule has 5 unspecified atom stereocenters. The van der Waals surface area contributed by atoms with E-state index in [9.17, 15) is 14.7 Å². The van der Waals surface area contributed by atoms with Crippen LogP contribution in [-0.4, -0.2) is 34.3 Å². The summed E-state index contributed by atoms with van der Waals surface area (Å²) in [6, 6.07) is 5.80. The van der Waals surface area contributed by atoms with E-state index in [1.165, 1.54) is 0 Å². The minimum absolute atomic E-state index is 0.0583. The van der Waals surface area contributed by atoms with E-state index >= 15 is 0 Å². The molecule has 1 saturated carbocycles. The van der Waals surface area contributed by atoms with Gasteiger partial charge in [-0.15, -0.1) is 0 Å². The number of imide groups is 1. The molecular weight excluding hydrogens is 522 g/mol. The second-order valence-corrected chi connectivity index (χ2v) is 13.7. The molecule has 1 N–H and O–H groups in total. The van der Waals surface area contributed by atoms with Crippen LogP contribution in [-0.2, 0) is 16.8 Å². The molecular formula is C33H43NO5S. The van der Waals surface area contributed by atoms with Gasteiger partial charge in [0, 0.05) is 22.7 Å². The molecule has 0 aromatic heterocycles. The third-order valence-corrected chi connectivity index (χ3v) is 10.9. The van der Waals surface area contributed by atoms with Gasteiger partial charge >= 0.3 is 0 Å². The van der Waals surface area contributed by atoms with Crippen LogP contribution in [0.1, 0.15) is 92.0 Å². The zero-order valence-electron chi connectivity index (χ0n) is 25.1. The van der Waals surface area contributed by atoms with Gasteiger partial charge in [0.1, 0.15) is 28.1 Å². The number of thioether (sulfide) groups is 1. The highest BCUT2D eigenvalue weighted by Gasteiger charge is 2.49. The van der Waals surface area contributed by atoms with E-state index in [-0.39, 0.29) is 17.2 Å². The summed E-state index contributed by atoms with van der Waals surface area (Å²) in [6.45, 7) is 14.5. The van der Waals surface area contributed by atoms with E-state index < -0.39 is 10.9 Å². The van der Waals surface area contributed by atoms with Crippen LogP contribution in [0.2, 0.25) is 0 Å². The van der Waals surface area contributed by atoms with E-state index in [4.69, 9.17) is 9.47 Å². The Hall–Kier alpha value is -2.67. The van der Waals surface area contributed by atoms with E-state index in [1.54, 1.807) is 12.0 Å². The lowest BCUT2D eigenvalue weighted by Gasteiger charge is -2.41. The number of fused-ring (bicyclic) bond motifs is 1. The fourth-order valence-electron chi connectivity index (χ4n) is 7.21. The van der Waals surface area contributed by atoms with Crippen LogP contribution in [0.25, 0.3) is 0 Å². The number of hydrogen-bond acceptors (Lipinski definition) is 6. The maximum Gasteiger partial charge on any atom is 0.289 e. The predicted molar refractivity (Wildman–Crippen MR) is 159 cm³/mol. The second-order valence-electron chi connectivity index (χ2n) is 12.7. The predicted octanol–water partition coefficient (Wildman–Crippen LogP) is 7.76. The molecule has 2 fully saturated rings. The summed E-state index contributed by atoms with van der Waals surface area (Å²) < 4.78 is 12.8. The van der Waals surface area contributed by atoms with Gasteiger partial charge in [-0.05, 0) is 99.6 Å². The normalized spacial score (nSPS) is 28.6. The van der Waals surface area contributed by atoms with Crippen LogP contribution in [0.5, 0.6) is 17.2 Å². The fraction of sp³-hybridized carbons (Fsp3) is 0.576. The number of methoxy groups -OCH3 is 1. The molecule has 2 aliphatic heterocycles. The van der Waals surface area contributed by atoms with Gasteiger partial charge < -0.3 is 14.6 Å². The van der Waals surface area contributed by atoms with Crippen molar-refractivity contribution in [1.82, 2.24) is 4.90 Å². The third kappa shape index (κ3) is 4.58. The first-order valence-electron chi connectivity index (χ1n) is 14.6. The minimum atomic E-state index is -0.702. The summed E-state index contributed by atoms with van der Waals surface area (Å²) in [7, 11) is 1.63. The topological polar surface area (TPSA) is 76.1 Å². The molecule has 2 aromatic rings. The number of aromatic hydroxyl groups is 1. The van der Waals surface area contributed by atoms with Crippen molar-refractivity contribution in [2.75, 3.05) is 7.11 Å². The summed E-state index contributed by atoms with van der Waals surface area (Å²) >= 11 is 1.11. The van der Waals surface area contributed by atoms with Gasteiger partial charge in [-0.3, -0.25) is 14.5 Å². The lowest BCUT2D eigenvalue weighted by atomic mass is 9.73. The Balaban J connectivity index is 1.51. The number of benzene rings is 2. The summed E-state index contributed by atoms with van der Waals surface area (Å²) in [5.74, 6) is 2.84. The molecule has 6 nitrogen and oxygen atoms in total. The van der Waals surface area contributed by atoms with Crippen molar-refractivity contribution >= 4 is 22.9 Å². The van der Waals surface area contributed by atoms with Gasteiger partial charge in [-0.1, -0.05) is 45.4 Å². The average molecular weight is 566 g/mol. The first-order chi connectivity index (χ1) is 18.9. The zero-order valence-corrected chi connectivity index (χ0v) is 25.9. The van der Waals surface area contributed by atoms with Crippen molar-refractivity contribution in [2.24, 2.45) is 17.8 Å². The van der Waals surface area contributed by atoms with Gasteiger partial charge in [0.2, 0.25) is 5.91 Å². The highest BCUT2D eigenvalue weighted by molar-refractivity contribution is 8.15. The summed E-state index contributed by atoms with van der Waals surface area (Å²) in [6.07, 6.45) is 4.49. The molecule has 0 spiro atoms. The minimum Gasteiger partial charge on any atom is -0.507 e. The van der Waals surface area contributed by atoms with Crippen LogP contribution in [0.3, 0.4) is 0 Å². The van der Waals surface area contributed by atoms with Crippen LogP contribution in [0.15, 0.2) is 18.2 Å². The summed E-state index contributed by atoms with van der Waals surface area (Å²) in [5, 5.41) is 9.82. The summed E-state index contributed by atoms with van der Waals surface area (Å²) in [5.41, 5.74) is 4.55. The second kappa shape index (κ2) is 10.6. The van der Waals surface area contributed by atoms with E-state index in [2.05, 4.69) is 27.7 Å². The van der Waals surface area contributed by atoms with Crippen molar-refractivity contribution in [3.8, 4) is 17.2 Å². The van der Waals surface area contributed by atoms with Gasteiger partial charge in [0.15, 0.2) is 0 Å². The molecule has 2 aromatic carbocycles. The van der Waals surface area contributed by atoms with E-state index in [0.717, 1.165) is 76.6 Å². The number of hydrogen-bond donors (Lipinski definition) is 1. The SMILES string of the molecule is COc1c(C2SC(=O)N(C3CC(C)CCC3C(C)C)C2=O)cccc1C1(C)CCc2c(C)c(O)c(C)c(C)c2O1. The highest BCUT2D eigenvalue weighted by atomic mass is 32.2. The van der Waals surface area contributed by atoms with Gasteiger partial charge in [-0.25, -0.2) is 0 Å². The number of phenols is 1. The Bertz CT molecular complexity index is 1350. The van der Waals surface area contributed by atoms with Crippen LogP contribution >= 0.6 is 11.8 Å². The van der Waals surface area contributed by atoms with E-state index in [1.807, 2.05) is 39.0 Å². The lowest BCUT2D eigenvalue weighted by molar-refractivity contribution is -0.130. The van der Waals surface area contributed by atoms with Crippen molar-refractivity contribution in [2.45, 2.75) is 97.5 Å². The lowest BCUT2D eigenvalue weighted by Crippen LogP contribution is -2.48. The maximum atomic E-state index is 14.0. The molecule has 2 amide bonds. The molecule has 0 bridgehead atoms. The smallest absolute Gasteiger partial charge is 0.289 e. The first kappa shape index (κ1) is 28.8. The number of carbonyl (C=O) groups is 2. The first-order valence-corrected chi connectivity index (χ1v) is 15.5. The number of para-hydroxylation sites is 1. The third-order valence-electron chi connectivity index (χ3n) is 9.82. The van der Waals surface area contributed by atoms with Crippen molar-refractivity contribution in [3.05, 3.63) is 51.6 Å². The quantitative estimate of drug-likeness (QED) is 0.399. The Kier molecular flexibility index (Phi) is 7.66. The largest absolute Gasteiger partial charge is 0.507 e. The van der Waals surface area contributed by atoms with E-state index in [0.29, 0.717) is 35.7 Å². The number of carbonyl (C=O) groups excluding carboxylic acids is 2. The molecule has 1 saturated heterocycles. The Labute approximate surface area is 242 Å². The number of amides is 2. The molecule has 2 heterocycles. The standard InChI is InChI=1S/C33H43NO5S/c1-17(2)22-13-12-18(3)16-26(22)34-31(36)30(40-32(34)37)24-10-9-11-25(29(24)38-8)33(7)15-14-23-21(6)27(35)19(4)20(5)28(23)39-33/h9-11,17-18,22,26,30,35H,12-16H2,1-8H3. The molecule has 1 aliphatic carbocycles. The van der Waals surface area contributed by atoms with Crippen molar-refractivity contribution < 1.29 is 24.2 Å². The molecule has 5 atom stereocenters. The molecule has 7 heteroatoms. The van der Waals surface area contributed by atoms with Crippen LogP contribution in [0, 0.1) is 38.5 Å². The number of phenolic OH excluding ortho intramolecular Hbond substituents is 1. The molecule has 40 heavy (non-hydrogen) atoms. The highest BCUT2D eigenvalue weighted by Crippen LogP contribution is 2.52. The summed E-state index contributed by atoms with van der Waals surface area (Å²) in [4.78, 5) is 29.0. The van der Waals surface area contributed by atoms with Gasteiger partial charge in [0.25, 0.3) is 5.24 Å². The Morgan fingerprint density at radius 2 is 1.85 bits per heavy atom. The molecule has 3 aliphatic rings. The average Bonchev–Trinajstić information content (AvgIpc) is 3.22. The Morgan fingerprint density at radius 1 is 1.12 bits per heavy atom. The van der Waals surface area contributed by atoms with Gasteiger partial charge in [-0.2, -0.15) is 0 Å². The maximum absolute atomic E-state index is 14.0. The Morgan fingerprint density at radius 3 is 2.52 bits per heavy atom. The number of nitrogens with zero attached hydrogens (tertiary/aromatic N) is 1. The number of rotatable bonds is 5.